The Kier molecular flexibility index (Phi) is 5.63. The van der Waals surface area contributed by atoms with Crippen LogP contribution in [-0.4, -0.2) is 10.7 Å². The highest BCUT2D eigenvalue weighted by molar-refractivity contribution is 6.01. The van der Waals surface area contributed by atoms with Gasteiger partial charge in [0.2, 0.25) is 0 Å². The molecule has 0 spiro atoms. The lowest BCUT2D eigenvalue weighted by Crippen LogP contribution is -2.40. The lowest BCUT2D eigenvalue weighted by molar-refractivity contribution is -0.384. The van der Waals surface area contributed by atoms with Gasteiger partial charge in [-0.2, -0.15) is 5.26 Å². The van der Waals surface area contributed by atoms with E-state index in [0.29, 0.717) is 29.7 Å². The standard InChI is InChI=1S/C28H22N4O3/c29-17-23-26(19-9-5-2-6-10-19)27-24(15-20(16-25(27)33)18-7-3-1-4-8-18)31(28(23)30)21-11-13-22(14-12-21)32(34)35/h1-14,20,26H,15-16,30H2. The SMILES string of the molecule is N#CC1=C(N)N(c2ccc([N+](=O)[O-])cc2)C2=C(C(=O)CC(c3ccccc3)C2)C1c1ccccc1. The lowest BCUT2D eigenvalue weighted by atomic mass is 9.72. The molecule has 2 unspecified atom stereocenters. The van der Waals surface area contributed by atoms with Crippen LogP contribution >= 0.6 is 0 Å². The van der Waals surface area contributed by atoms with Crippen molar-refractivity contribution in [2.45, 2.75) is 24.7 Å². The summed E-state index contributed by atoms with van der Waals surface area (Å²) in [6.45, 7) is 0. The van der Waals surface area contributed by atoms with Gasteiger partial charge < -0.3 is 5.73 Å². The van der Waals surface area contributed by atoms with E-state index in [1.807, 2.05) is 60.7 Å². The fourth-order valence-corrected chi connectivity index (χ4v) is 5.09. The molecule has 0 saturated carbocycles. The molecule has 35 heavy (non-hydrogen) atoms. The molecule has 0 fully saturated rings. The average molecular weight is 463 g/mol. The second-order valence-corrected chi connectivity index (χ2v) is 8.66. The molecule has 2 aliphatic rings. The maximum atomic E-state index is 13.7. The van der Waals surface area contributed by atoms with Gasteiger partial charge in [0.1, 0.15) is 5.82 Å². The van der Waals surface area contributed by atoms with E-state index >= 15 is 0 Å². The summed E-state index contributed by atoms with van der Waals surface area (Å²) in [6.07, 6.45) is 0.879. The summed E-state index contributed by atoms with van der Waals surface area (Å²) >= 11 is 0. The largest absolute Gasteiger partial charge is 0.384 e. The zero-order chi connectivity index (χ0) is 24.5. The Hall–Kier alpha value is -4.70. The van der Waals surface area contributed by atoms with E-state index < -0.39 is 10.8 Å². The number of allylic oxidation sites excluding steroid dienone is 3. The number of non-ortho nitro benzene ring substituents is 1. The fourth-order valence-electron chi connectivity index (χ4n) is 5.09. The van der Waals surface area contributed by atoms with Crippen molar-refractivity contribution in [2.75, 3.05) is 4.90 Å². The molecule has 1 heterocycles. The number of hydrogen-bond donors (Lipinski definition) is 1. The van der Waals surface area contributed by atoms with Gasteiger partial charge in [0.25, 0.3) is 5.69 Å². The van der Waals surface area contributed by atoms with Gasteiger partial charge in [0.15, 0.2) is 5.78 Å². The summed E-state index contributed by atoms with van der Waals surface area (Å²) < 4.78 is 0. The van der Waals surface area contributed by atoms with E-state index in [-0.39, 0.29) is 23.2 Å². The molecule has 5 rings (SSSR count). The number of hydrogen-bond acceptors (Lipinski definition) is 6. The number of anilines is 1. The maximum Gasteiger partial charge on any atom is 0.269 e. The van der Waals surface area contributed by atoms with Crippen molar-refractivity contribution in [1.82, 2.24) is 0 Å². The number of carbonyl (C=O) groups is 1. The second kappa shape index (κ2) is 8.92. The summed E-state index contributed by atoms with van der Waals surface area (Å²) in [7, 11) is 0. The van der Waals surface area contributed by atoms with Gasteiger partial charge in [-0.25, -0.2) is 0 Å². The quantitative estimate of drug-likeness (QED) is 0.416. The number of carbonyl (C=O) groups excluding carboxylic acids is 1. The van der Waals surface area contributed by atoms with Crippen LogP contribution in [0.3, 0.4) is 0 Å². The molecule has 0 aromatic heterocycles. The number of nitriles is 1. The predicted molar refractivity (Wildman–Crippen MR) is 132 cm³/mol. The predicted octanol–water partition coefficient (Wildman–Crippen LogP) is 5.29. The smallest absolute Gasteiger partial charge is 0.269 e. The van der Waals surface area contributed by atoms with E-state index in [9.17, 15) is 20.2 Å². The van der Waals surface area contributed by atoms with Crippen LogP contribution in [0.1, 0.15) is 35.8 Å². The first-order valence-electron chi connectivity index (χ1n) is 11.3. The minimum atomic E-state index is -0.560. The normalized spacial score (nSPS) is 19.9. The summed E-state index contributed by atoms with van der Waals surface area (Å²) in [5.74, 6) is -0.401. The maximum absolute atomic E-state index is 13.7. The molecular formula is C28H22N4O3. The first-order chi connectivity index (χ1) is 17.0. The Balaban J connectivity index is 1.71. The van der Waals surface area contributed by atoms with Crippen molar-refractivity contribution in [1.29, 1.82) is 5.26 Å². The number of rotatable bonds is 4. The molecule has 1 aliphatic heterocycles. The molecule has 2 atom stereocenters. The number of nitro benzene ring substituents is 1. The third-order valence-electron chi connectivity index (χ3n) is 6.69. The Morgan fingerprint density at radius 3 is 2.09 bits per heavy atom. The van der Waals surface area contributed by atoms with Crippen LogP contribution in [0.4, 0.5) is 11.4 Å². The van der Waals surface area contributed by atoms with Gasteiger partial charge in [0.05, 0.1) is 22.5 Å². The topological polar surface area (TPSA) is 113 Å². The number of nitro groups is 1. The first-order valence-corrected chi connectivity index (χ1v) is 11.3. The molecule has 7 nitrogen and oxygen atoms in total. The van der Waals surface area contributed by atoms with Gasteiger partial charge in [-0.15, -0.1) is 0 Å². The number of benzene rings is 3. The Bertz CT molecular complexity index is 1400. The van der Waals surface area contributed by atoms with Crippen LogP contribution in [0, 0.1) is 21.4 Å². The highest BCUT2D eigenvalue weighted by atomic mass is 16.6. The number of ketones is 1. The Morgan fingerprint density at radius 2 is 1.51 bits per heavy atom. The highest BCUT2D eigenvalue weighted by Gasteiger charge is 2.42. The minimum Gasteiger partial charge on any atom is -0.384 e. The molecule has 3 aromatic rings. The van der Waals surface area contributed by atoms with E-state index in [0.717, 1.165) is 16.8 Å². The van der Waals surface area contributed by atoms with Crippen LogP contribution in [0.5, 0.6) is 0 Å². The molecule has 0 bridgehead atoms. The van der Waals surface area contributed by atoms with Gasteiger partial charge in [0, 0.05) is 35.5 Å². The number of nitrogens with two attached hydrogens (primary N) is 1. The van der Waals surface area contributed by atoms with Crippen LogP contribution in [0.25, 0.3) is 0 Å². The number of Topliss-reactive ketones (excluding diaryl/α,β-unsaturated/α-hetero) is 1. The molecule has 3 aromatic carbocycles. The fraction of sp³-hybridized carbons (Fsp3) is 0.143. The Morgan fingerprint density at radius 1 is 0.914 bits per heavy atom. The van der Waals surface area contributed by atoms with E-state index in [1.165, 1.54) is 12.1 Å². The first kappa shape index (κ1) is 22.1. The van der Waals surface area contributed by atoms with Gasteiger partial charge in [-0.05, 0) is 35.6 Å². The molecule has 0 amide bonds. The Labute approximate surface area is 202 Å². The number of nitrogens with zero attached hydrogens (tertiary/aromatic N) is 3. The molecule has 2 N–H and O–H groups in total. The molecule has 0 saturated heterocycles. The summed E-state index contributed by atoms with van der Waals surface area (Å²) in [4.78, 5) is 26.2. The van der Waals surface area contributed by atoms with Crippen LogP contribution in [-0.2, 0) is 4.79 Å². The van der Waals surface area contributed by atoms with E-state index in [1.54, 1.807) is 17.0 Å². The average Bonchev–Trinajstić information content (AvgIpc) is 2.89. The van der Waals surface area contributed by atoms with Gasteiger partial charge in [-0.1, -0.05) is 60.7 Å². The summed E-state index contributed by atoms with van der Waals surface area (Å²) in [5.41, 5.74) is 10.6. The van der Waals surface area contributed by atoms with E-state index in [4.69, 9.17) is 5.73 Å². The van der Waals surface area contributed by atoms with Crippen molar-refractivity contribution >= 4 is 17.2 Å². The molecule has 1 aliphatic carbocycles. The van der Waals surface area contributed by atoms with Crippen molar-refractivity contribution < 1.29 is 9.72 Å². The lowest BCUT2D eigenvalue weighted by Gasteiger charge is -2.41. The van der Waals surface area contributed by atoms with Crippen LogP contribution in [0.2, 0.25) is 0 Å². The monoisotopic (exact) mass is 462 g/mol. The van der Waals surface area contributed by atoms with Crippen molar-refractivity contribution in [2.24, 2.45) is 5.73 Å². The summed E-state index contributed by atoms with van der Waals surface area (Å²) in [6, 6.07) is 27.6. The van der Waals surface area contributed by atoms with Crippen LogP contribution in [0.15, 0.2) is 108 Å². The highest BCUT2D eigenvalue weighted by Crippen LogP contribution is 2.49. The van der Waals surface area contributed by atoms with Gasteiger partial charge >= 0.3 is 0 Å². The van der Waals surface area contributed by atoms with E-state index in [2.05, 4.69) is 6.07 Å². The second-order valence-electron chi connectivity index (χ2n) is 8.66. The molecule has 0 radical (unpaired) electrons. The zero-order valence-corrected chi connectivity index (χ0v) is 18.8. The summed E-state index contributed by atoms with van der Waals surface area (Å²) in [5, 5.41) is 21.3. The third kappa shape index (κ3) is 3.85. The van der Waals surface area contributed by atoms with Crippen LogP contribution < -0.4 is 10.6 Å². The van der Waals surface area contributed by atoms with Crippen molar-refractivity contribution in [3.05, 3.63) is 129 Å². The minimum absolute atomic E-state index is 0.0267. The van der Waals surface area contributed by atoms with Crippen molar-refractivity contribution in [3.63, 3.8) is 0 Å². The van der Waals surface area contributed by atoms with Gasteiger partial charge in [-0.3, -0.25) is 19.8 Å². The molecular weight excluding hydrogens is 440 g/mol. The molecule has 172 valence electrons. The third-order valence-corrected chi connectivity index (χ3v) is 6.69. The zero-order valence-electron chi connectivity index (χ0n) is 18.8. The van der Waals surface area contributed by atoms with Crippen molar-refractivity contribution in [3.8, 4) is 6.07 Å². The molecule has 7 heteroatoms.